The summed E-state index contributed by atoms with van der Waals surface area (Å²) in [5, 5.41) is 29.2. The van der Waals surface area contributed by atoms with Gasteiger partial charge < -0.3 is 26.0 Å². The fraction of sp³-hybridized carbons (Fsp3) is 0.412. The number of nitrogen functional groups attached to an aromatic ring is 1. The summed E-state index contributed by atoms with van der Waals surface area (Å²) in [4.78, 5) is 5.99. The van der Waals surface area contributed by atoms with E-state index in [2.05, 4.69) is 10.9 Å². The second-order valence-electron chi connectivity index (χ2n) is 5.24. The fourth-order valence-corrected chi connectivity index (χ4v) is 3.49. The largest absolute Gasteiger partial charge is 0.398 e. The molecule has 0 spiro atoms. The Morgan fingerprint density at radius 1 is 1.17 bits per heavy atom. The summed E-state index contributed by atoms with van der Waals surface area (Å²) in [7, 11) is 0. The summed E-state index contributed by atoms with van der Waals surface area (Å²) in [6.07, 6.45) is 1.95. The molecule has 0 saturated carbocycles. The van der Waals surface area contributed by atoms with Gasteiger partial charge in [0.15, 0.2) is 0 Å². The Balaban J connectivity index is 2.32. The lowest BCUT2D eigenvalue weighted by Gasteiger charge is -2.25. The predicted molar refractivity (Wildman–Crippen MR) is 99.6 cm³/mol. The molecule has 1 unspecified atom stereocenters. The van der Waals surface area contributed by atoms with Crippen LogP contribution in [0.25, 0.3) is 0 Å². The zero-order chi connectivity index (χ0) is 17.4. The lowest BCUT2D eigenvalue weighted by atomic mass is 10.0. The van der Waals surface area contributed by atoms with Crippen molar-refractivity contribution in [1.29, 1.82) is 0 Å². The standard InChI is InChI=1S/C17H23N3O3S/c18-16-2-1-14(20(5-8-22)6-9-23)11-15(16)17-13(3-10-24-17)12-19-4-7-21/h1-3,10-11,17,21-23H,4-9,18H2. The molecule has 6 nitrogen and oxygen atoms in total. The molecule has 0 amide bonds. The third kappa shape index (κ3) is 4.63. The molecule has 0 fully saturated rings. The number of allylic oxidation sites excluding steroid dienone is 1. The zero-order valence-corrected chi connectivity index (χ0v) is 14.2. The molecule has 0 aliphatic carbocycles. The molecule has 0 saturated heterocycles. The second-order valence-corrected chi connectivity index (χ2v) is 6.25. The minimum Gasteiger partial charge on any atom is -0.398 e. The Morgan fingerprint density at radius 2 is 1.92 bits per heavy atom. The third-order valence-corrected chi connectivity index (χ3v) is 4.70. The Morgan fingerprint density at radius 3 is 2.58 bits per heavy atom. The summed E-state index contributed by atoms with van der Waals surface area (Å²) in [6, 6.07) is 5.72. The molecular formula is C17H23N3O3S. The van der Waals surface area contributed by atoms with Crippen LogP contribution in [0.5, 0.6) is 0 Å². The van der Waals surface area contributed by atoms with Crippen LogP contribution in [0.15, 0.2) is 40.2 Å². The highest BCUT2D eigenvalue weighted by Crippen LogP contribution is 2.44. The Bertz CT molecular complexity index is 636. The number of thioether (sulfide) groups is 1. The maximum absolute atomic E-state index is 9.21. The first-order chi connectivity index (χ1) is 11.7. The molecule has 0 bridgehead atoms. The van der Waals surface area contributed by atoms with Gasteiger partial charge in [-0.2, -0.15) is 0 Å². The number of aliphatic hydroxyl groups excluding tert-OH is 3. The molecule has 5 N–H and O–H groups in total. The first kappa shape index (κ1) is 18.6. The highest BCUT2D eigenvalue weighted by molar-refractivity contribution is 8.02. The van der Waals surface area contributed by atoms with Crippen LogP contribution in [0.2, 0.25) is 0 Å². The van der Waals surface area contributed by atoms with Crippen LogP contribution in [0, 0.1) is 0 Å². The van der Waals surface area contributed by atoms with Crippen LogP contribution in [0.4, 0.5) is 11.4 Å². The second kappa shape index (κ2) is 9.52. The van der Waals surface area contributed by atoms with Crippen molar-refractivity contribution in [2.45, 2.75) is 5.25 Å². The van der Waals surface area contributed by atoms with Gasteiger partial charge in [0.2, 0.25) is 0 Å². The van der Waals surface area contributed by atoms with Crippen molar-refractivity contribution in [1.82, 2.24) is 0 Å². The number of aliphatic hydroxyl groups is 3. The SMILES string of the molecule is Nc1ccc(N(CCO)CCO)cc1C1SC=CC1=C=NCCO. The molecule has 1 atom stereocenters. The molecule has 1 aromatic rings. The van der Waals surface area contributed by atoms with Crippen LogP contribution in [0.1, 0.15) is 10.8 Å². The van der Waals surface area contributed by atoms with E-state index in [1.807, 2.05) is 34.6 Å². The fourth-order valence-electron chi connectivity index (χ4n) is 2.48. The average Bonchev–Trinajstić information content (AvgIpc) is 3.04. The van der Waals surface area contributed by atoms with E-state index < -0.39 is 0 Å². The normalized spacial score (nSPS) is 16.3. The number of hydrogen-bond donors (Lipinski definition) is 4. The summed E-state index contributed by atoms with van der Waals surface area (Å²) < 4.78 is 0. The van der Waals surface area contributed by atoms with Crippen molar-refractivity contribution in [3.63, 3.8) is 0 Å². The minimum absolute atomic E-state index is 0.00232. The minimum atomic E-state index is -0.00327. The molecule has 0 aromatic heterocycles. The summed E-state index contributed by atoms with van der Waals surface area (Å²) in [5.74, 6) is 2.98. The molecule has 7 heteroatoms. The van der Waals surface area contributed by atoms with E-state index in [-0.39, 0.29) is 25.1 Å². The number of nitrogens with zero attached hydrogens (tertiary/aromatic N) is 2. The molecule has 1 heterocycles. The molecule has 0 radical (unpaired) electrons. The number of aliphatic imine (C=N–C) groups is 1. The first-order valence-electron chi connectivity index (χ1n) is 7.79. The number of hydrogen-bond acceptors (Lipinski definition) is 7. The Hall–Kier alpha value is -1.76. The van der Waals surface area contributed by atoms with E-state index in [9.17, 15) is 10.2 Å². The molecule has 2 rings (SSSR count). The van der Waals surface area contributed by atoms with Crippen molar-refractivity contribution in [2.75, 3.05) is 50.1 Å². The van der Waals surface area contributed by atoms with Crippen LogP contribution in [-0.4, -0.2) is 60.6 Å². The highest BCUT2D eigenvalue weighted by atomic mass is 32.2. The molecule has 1 aliphatic heterocycles. The van der Waals surface area contributed by atoms with E-state index in [1.54, 1.807) is 11.8 Å². The molecule has 24 heavy (non-hydrogen) atoms. The summed E-state index contributed by atoms with van der Waals surface area (Å²) >= 11 is 1.62. The van der Waals surface area contributed by atoms with Crippen molar-refractivity contribution in [2.24, 2.45) is 4.99 Å². The van der Waals surface area contributed by atoms with Gasteiger partial charge in [0, 0.05) is 30.0 Å². The lowest BCUT2D eigenvalue weighted by molar-refractivity contribution is 0.281. The van der Waals surface area contributed by atoms with E-state index in [0.717, 1.165) is 16.8 Å². The number of rotatable bonds is 8. The van der Waals surface area contributed by atoms with Crippen molar-refractivity contribution in [3.05, 3.63) is 40.8 Å². The number of benzene rings is 1. The Kier molecular flexibility index (Phi) is 7.36. The molecule has 1 aliphatic rings. The smallest absolute Gasteiger partial charge is 0.0715 e. The maximum Gasteiger partial charge on any atom is 0.0715 e. The summed E-state index contributed by atoms with van der Waals surface area (Å²) in [5.41, 5.74) is 9.60. The van der Waals surface area contributed by atoms with E-state index in [4.69, 9.17) is 10.8 Å². The van der Waals surface area contributed by atoms with E-state index in [1.165, 1.54) is 0 Å². The van der Waals surface area contributed by atoms with Gasteiger partial charge in [-0.05, 0) is 41.1 Å². The first-order valence-corrected chi connectivity index (χ1v) is 8.73. The average molecular weight is 349 g/mol. The van der Waals surface area contributed by atoms with E-state index in [0.29, 0.717) is 25.3 Å². The van der Waals surface area contributed by atoms with Crippen molar-refractivity contribution < 1.29 is 15.3 Å². The van der Waals surface area contributed by atoms with Gasteiger partial charge in [-0.15, -0.1) is 11.8 Å². The van der Waals surface area contributed by atoms with Gasteiger partial charge >= 0.3 is 0 Å². The van der Waals surface area contributed by atoms with Crippen LogP contribution < -0.4 is 10.6 Å². The van der Waals surface area contributed by atoms with Gasteiger partial charge in [0.25, 0.3) is 0 Å². The van der Waals surface area contributed by atoms with Crippen molar-refractivity contribution >= 4 is 29.0 Å². The lowest BCUT2D eigenvalue weighted by Crippen LogP contribution is -2.29. The zero-order valence-electron chi connectivity index (χ0n) is 13.4. The van der Waals surface area contributed by atoms with Crippen LogP contribution in [-0.2, 0) is 0 Å². The van der Waals surface area contributed by atoms with Gasteiger partial charge in [-0.25, -0.2) is 4.99 Å². The van der Waals surface area contributed by atoms with Gasteiger partial charge in [-0.3, -0.25) is 0 Å². The highest BCUT2D eigenvalue weighted by Gasteiger charge is 2.23. The number of anilines is 2. The Labute approximate surface area is 146 Å². The quantitative estimate of drug-likeness (QED) is 0.412. The van der Waals surface area contributed by atoms with E-state index >= 15 is 0 Å². The summed E-state index contributed by atoms with van der Waals surface area (Å²) in [6.45, 7) is 1.24. The molecular weight excluding hydrogens is 326 g/mol. The maximum atomic E-state index is 9.21. The van der Waals surface area contributed by atoms with Crippen LogP contribution in [0.3, 0.4) is 0 Å². The topological polar surface area (TPSA) is 102 Å². The van der Waals surface area contributed by atoms with Gasteiger partial charge in [0.1, 0.15) is 0 Å². The van der Waals surface area contributed by atoms with Gasteiger partial charge in [0.05, 0.1) is 31.6 Å². The third-order valence-electron chi connectivity index (χ3n) is 3.62. The molecule has 130 valence electrons. The number of nitrogens with two attached hydrogens (primary N) is 1. The van der Waals surface area contributed by atoms with Crippen LogP contribution >= 0.6 is 11.8 Å². The van der Waals surface area contributed by atoms with Crippen molar-refractivity contribution in [3.8, 4) is 0 Å². The predicted octanol–water partition coefficient (Wildman–Crippen LogP) is 0.950. The van der Waals surface area contributed by atoms with Gasteiger partial charge in [-0.1, -0.05) is 0 Å². The monoisotopic (exact) mass is 349 g/mol. The molecule has 1 aromatic carbocycles.